The van der Waals surface area contributed by atoms with E-state index in [1.54, 1.807) is 6.92 Å². The number of fused-ring (bicyclic) bond motifs is 2. The van der Waals surface area contributed by atoms with E-state index in [0.717, 1.165) is 25.7 Å². The van der Waals surface area contributed by atoms with Crippen LogP contribution in [0.1, 0.15) is 39.0 Å². The average Bonchev–Trinajstić information content (AvgIpc) is 3.00. The van der Waals surface area contributed by atoms with Crippen LogP contribution in [0, 0.1) is 0 Å². The third-order valence-corrected chi connectivity index (χ3v) is 4.59. The molecule has 2 atom stereocenters. The van der Waals surface area contributed by atoms with E-state index in [-0.39, 0.29) is 11.9 Å². The van der Waals surface area contributed by atoms with Crippen molar-refractivity contribution in [2.75, 3.05) is 7.11 Å². The number of hydrogen-bond donors (Lipinski definition) is 1. The lowest BCUT2D eigenvalue weighted by molar-refractivity contribution is -0.137. The molecule has 21 heavy (non-hydrogen) atoms. The van der Waals surface area contributed by atoms with E-state index in [9.17, 15) is 9.59 Å². The van der Waals surface area contributed by atoms with Gasteiger partial charge in [-0.3, -0.25) is 4.79 Å². The molecule has 2 aliphatic heterocycles. The summed E-state index contributed by atoms with van der Waals surface area (Å²) in [4.78, 5) is 24.6. The minimum atomic E-state index is -0.836. The van der Waals surface area contributed by atoms with E-state index in [1.807, 2.05) is 12.2 Å². The van der Waals surface area contributed by atoms with Crippen molar-refractivity contribution in [1.29, 1.82) is 0 Å². The molecule has 2 unspecified atom stereocenters. The first-order valence-electron chi connectivity index (χ1n) is 7.56. The Morgan fingerprint density at radius 3 is 2.71 bits per heavy atom. The zero-order chi connectivity index (χ0) is 15.0. The molecule has 0 aromatic heterocycles. The van der Waals surface area contributed by atoms with E-state index in [1.165, 1.54) is 13.5 Å². The second-order valence-electron chi connectivity index (χ2n) is 6.09. The summed E-state index contributed by atoms with van der Waals surface area (Å²) < 4.78 is 10.6. The molecule has 1 amide bonds. The molecule has 0 saturated heterocycles. The third-order valence-electron chi connectivity index (χ3n) is 4.59. The number of carbonyl (C=O) groups is 2. The summed E-state index contributed by atoms with van der Waals surface area (Å²) in [6.45, 7) is 1.79. The average molecular weight is 291 g/mol. The first-order chi connectivity index (χ1) is 10.0. The summed E-state index contributed by atoms with van der Waals surface area (Å²) >= 11 is 0. The van der Waals surface area contributed by atoms with Gasteiger partial charge in [-0.15, -0.1) is 0 Å². The summed E-state index contributed by atoms with van der Waals surface area (Å²) in [5.74, 6) is -0.682. The van der Waals surface area contributed by atoms with Gasteiger partial charge in [0.15, 0.2) is 0 Å². The third kappa shape index (κ3) is 2.39. The fraction of sp³-hybridized carbons (Fsp3) is 0.625. The van der Waals surface area contributed by atoms with E-state index < -0.39 is 17.7 Å². The summed E-state index contributed by atoms with van der Waals surface area (Å²) in [6.07, 6.45) is 8.75. The van der Waals surface area contributed by atoms with Crippen LogP contribution < -0.4 is 5.32 Å². The molecule has 2 heterocycles. The van der Waals surface area contributed by atoms with Crippen molar-refractivity contribution in [1.82, 2.24) is 5.32 Å². The minimum absolute atomic E-state index is 0.194. The molecular formula is C16H21NO4. The monoisotopic (exact) mass is 291 g/mol. The van der Waals surface area contributed by atoms with E-state index in [0.29, 0.717) is 11.1 Å². The van der Waals surface area contributed by atoms with E-state index in [4.69, 9.17) is 9.47 Å². The highest BCUT2D eigenvalue weighted by atomic mass is 16.5. The molecule has 3 aliphatic rings. The van der Waals surface area contributed by atoms with Crippen molar-refractivity contribution in [2.24, 2.45) is 0 Å². The second-order valence-corrected chi connectivity index (χ2v) is 6.09. The normalized spacial score (nSPS) is 31.6. The maximum atomic E-state index is 12.6. The van der Waals surface area contributed by atoms with Crippen LogP contribution in [0.5, 0.6) is 0 Å². The van der Waals surface area contributed by atoms with Gasteiger partial charge in [0.1, 0.15) is 11.7 Å². The topological polar surface area (TPSA) is 64.6 Å². The Hall–Kier alpha value is -1.62. The smallest absolute Gasteiger partial charge is 0.337 e. The van der Waals surface area contributed by atoms with Gasteiger partial charge in [0.25, 0.3) is 5.91 Å². The summed E-state index contributed by atoms with van der Waals surface area (Å²) in [6, 6.07) is 0.202. The van der Waals surface area contributed by atoms with Gasteiger partial charge >= 0.3 is 5.97 Å². The maximum absolute atomic E-state index is 12.6. The Morgan fingerprint density at radius 1 is 1.33 bits per heavy atom. The number of esters is 1. The highest BCUT2D eigenvalue weighted by molar-refractivity contribution is 6.07. The van der Waals surface area contributed by atoms with Crippen LogP contribution in [0.4, 0.5) is 0 Å². The van der Waals surface area contributed by atoms with Gasteiger partial charge in [0.05, 0.1) is 18.3 Å². The highest BCUT2D eigenvalue weighted by Crippen LogP contribution is 2.43. The zero-order valence-corrected chi connectivity index (χ0v) is 12.5. The van der Waals surface area contributed by atoms with Crippen LogP contribution in [0.2, 0.25) is 0 Å². The molecule has 1 N–H and O–H groups in total. The molecule has 2 bridgehead atoms. The molecule has 3 rings (SSSR count). The Bertz CT molecular complexity index is 530. The zero-order valence-electron chi connectivity index (χ0n) is 12.5. The Kier molecular flexibility index (Phi) is 3.61. The first kappa shape index (κ1) is 14.3. The summed E-state index contributed by atoms with van der Waals surface area (Å²) in [7, 11) is 1.32. The van der Waals surface area contributed by atoms with Crippen LogP contribution in [-0.4, -0.2) is 36.7 Å². The van der Waals surface area contributed by atoms with E-state index in [2.05, 4.69) is 5.32 Å². The molecule has 0 aromatic rings. The Balaban J connectivity index is 1.84. The molecular weight excluding hydrogens is 270 g/mol. The highest BCUT2D eigenvalue weighted by Gasteiger charge is 2.51. The van der Waals surface area contributed by atoms with Gasteiger partial charge in [-0.25, -0.2) is 4.79 Å². The molecule has 0 radical (unpaired) electrons. The maximum Gasteiger partial charge on any atom is 0.337 e. The van der Waals surface area contributed by atoms with Crippen molar-refractivity contribution in [2.45, 2.75) is 56.8 Å². The number of carbonyl (C=O) groups excluding carboxylic acids is 2. The fourth-order valence-corrected chi connectivity index (χ4v) is 3.49. The number of methoxy groups -OCH3 is 1. The lowest BCUT2D eigenvalue weighted by atomic mass is 9.87. The number of ether oxygens (including phenoxy) is 2. The molecule has 5 heteroatoms. The van der Waals surface area contributed by atoms with Crippen LogP contribution in [0.15, 0.2) is 23.3 Å². The fourth-order valence-electron chi connectivity index (χ4n) is 3.49. The van der Waals surface area contributed by atoms with Crippen LogP contribution in [-0.2, 0) is 19.1 Å². The lowest BCUT2D eigenvalue weighted by Crippen LogP contribution is -2.39. The molecule has 0 aromatic carbocycles. The van der Waals surface area contributed by atoms with Crippen LogP contribution in [0.25, 0.3) is 0 Å². The standard InChI is InChI=1S/C16H21NO4/c1-16-9-8-11(21-16)12(13(16)15(19)20-2)14(18)17-10-6-4-3-5-7-10/h8-11H,3-7H2,1-2H3,(H,17,18). The number of amides is 1. The molecule has 5 nitrogen and oxygen atoms in total. The lowest BCUT2D eigenvalue weighted by Gasteiger charge is -2.24. The SMILES string of the molecule is COC(=O)C1=C(C(=O)NC2CCCCC2)C2C=CC1(C)O2. The predicted octanol–water partition coefficient (Wildman–Crippen LogP) is 1.63. The summed E-state index contributed by atoms with van der Waals surface area (Å²) in [5.41, 5.74) is -0.0833. The summed E-state index contributed by atoms with van der Waals surface area (Å²) in [5, 5.41) is 3.05. The number of nitrogens with one attached hydrogen (secondary N) is 1. The minimum Gasteiger partial charge on any atom is -0.466 e. The van der Waals surface area contributed by atoms with Crippen molar-refractivity contribution >= 4 is 11.9 Å². The van der Waals surface area contributed by atoms with Crippen LogP contribution in [0.3, 0.4) is 0 Å². The molecule has 0 spiro atoms. The van der Waals surface area contributed by atoms with Crippen LogP contribution >= 0.6 is 0 Å². The second kappa shape index (κ2) is 5.30. The van der Waals surface area contributed by atoms with Gasteiger partial charge in [-0.1, -0.05) is 25.3 Å². The number of rotatable bonds is 3. The van der Waals surface area contributed by atoms with Crippen molar-refractivity contribution < 1.29 is 19.1 Å². The molecule has 1 saturated carbocycles. The molecule has 114 valence electrons. The van der Waals surface area contributed by atoms with Gasteiger partial charge < -0.3 is 14.8 Å². The first-order valence-corrected chi connectivity index (χ1v) is 7.56. The van der Waals surface area contributed by atoms with E-state index >= 15 is 0 Å². The predicted molar refractivity (Wildman–Crippen MR) is 76.5 cm³/mol. The largest absolute Gasteiger partial charge is 0.466 e. The van der Waals surface area contributed by atoms with Crippen molar-refractivity contribution in [3.8, 4) is 0 Å². The van der Waals surface area contributed by atoms with Gasteiger partial charge in [-0.2, -0.15) is 0 Å². The Labute approximate surface area is 124 Å². The molecule has 1 aliphatic carbocycles. The van der Waals surface area contributed by atoms with Gasteiger partial charge in [-0.05, 0) is 25.8 Å². The van der Waals surface area contributed by atoms with Crippen molar-refractivity contribution in [3.63, 3.8) is 0 Å². The van der Waals surface area contributed by atoms with Gasteiger partial charge in [0.2, 0.25) is 0 Å². The Morgan fingerprint density at radius 2 is 2.05 bits per heavy atom. The molecule has 1 fully saturated rings. The number of hydrogen-bond acceptors (Lipinski definition) is 4. The van der Waals surface area contributed by atoms with Crippen molar-refractivity contribution in [3.05, 3.63) is 23.3 Å². The quantitative estimate of drug-likeness (QED) is 0.634. The van der Waals surface area contributed by atoms with Gasteiger partial charge in [0, 0.05) is 6.04 Å².